The molecule has 92 valence electrons. The second-order valence-electron chi connectivity index (χ2n) is 4.20. The van der Waals surface area contributed by atoms with Gasteiger partial charge in [0.15, 0.2) is 0 Å². The van der Waals surface area contributed by atoms with E-state index in [9.17, 15) is 0 Å². The second-order valence-corrected chi connectivity index (χ2v) is 4.20. The van der Waals surface area contributed by atoms with Gasteiger partial charge in [0.05, 0.1) is 35.3 Å². The highest BCUT2D eigenvalue weighted by atomic mass is 15.3. The molecule has 2 heterocycles. The summed E-state index contributed by atoms with van der Waals surface area (Å²) in [7, 11) is 1.92. The van der Waals surface area contributed by atoms with Gasteiger partial charge in [0.1, 0.15) is 0 Å². The van der Waals surface area contributed by atoms with Gasteiger partial charge in [-0.25, -0.2) is 0 Å². The maximum absolute atomic E-state index is 6.00. The summed E-state index contributed by atoms with van der Waals surface area (Å²) in [6.07, 6.45) is 3.54. The number of anilines is 2. The molecule has 4 N–H and O–H groups in total. The molecule has 3 rings (SSSR count). The third-order valence-corrected chi connectivity index (χ3v) is 2.99. The van der Waals surface area contributed by atoms with Crippen LogP contribution in [0.5, 0.6) is 0 Å². The lowest BCUT2D eigenvalue weighted by Crippen LogP contribution is -2.06. The van der Waals surface area contributed by atoms with E-state index >= 15 is 0 Å². The number of rotatable bonds is 3. The van der Waals surface area contributed by atoms with Gasteiger partial charge in [-0.1, -0.05) is 0 Å². The zero-order valence-electron chi connectivity index (χ0n) is 10.0. The molecule has 3 aromatic rings. The van der Waals surface area contributed by atoms with E-state index in [-0.39, 0.29) is 0 Å². The minimum Gasteiger partial charge on any atom is -0.397 e. The summed E-state index contributed by atoms with van der Waals surface area (Å²) < 4.78 is 1.83. The van der Waals surface area contributed by atoms with Crippen LogP contribution in [0.25, 0.3) is 10.9 Å². The number of aromatic amines is 1. The third kappa shape index (κ3) is 1.77. The van der Waals surface area contributed by atoms with Crippen molar-refractivity contribution in [3.8, 4) is 0 Å². The number of hydrogen-bond acceptors (Lipinski definition) is 4. The molecule has 0 saturated carbocycles. The van der Waals surface area contributed by atoms with Gasteiger partial charge >= 0.3 is 0 Å². The number of nitrogens with two attached hydrogens (primary N) is 1. The van der Waals surface area contributed by atoms with Crippen LogP contribution in [0.2, 0.25) is 0 Å². The first-order chi connectivity index (χ1) is 8.74. The monoisotopic (exact) mass is 242 g/mol. The summed E-state index contributed by atoms with van der Waals surface area (Å²) in [6.45, 7) is 0.681. The van der Waals surface area contributed by atoms with Crippen molar-refractivity contribution in [3.63, 3.8) is 0 Å². The van der Waals surface area contributed by atoms with Crippen molar-refractivity contribution >= 4 is 22.3 Å². The van der Waals surface area contributed by atoms with Crippen LogP contribution in [0.3, 0.4) is 0 Å². The summed E-state index contributed by atoms with van der Waals surface area (Å²) in [5.41, 5.74) is 9.67. The molecule has 6 heteroatoms. The van der Waals surface area contributed by atoms with E-state index in [0.29, 0.717) is 12.2 Å². The van der Waals surface area contributed by atoms with Crippen molar-refractivity contribution < 1.29 is 0 Å². The van der Waals surface area contributed by atoms with Crippen LogP contribution in [0.15, 0.2) is 30.6 Å². The molecule has 0 spiro atoms. The lowest BCUT2D eigenvalue weighted by atomic mass is 10.2. The standard InChI is InChI=1S/C12H14N6/c1-18-9(2-3-16-18)7-14-12-5-11-8(4-10(12)13)6-15-17-11/h2-6,14H,7,13H2,1H3,(H,15,17). The topological polar surface area (TPSA) is 84.5 Å². The van der Waals surface area contributed by atoms with Gasteiger partial charge in [-0.2, -0.15) is 10.2 Å². The van der Waals surface area contributed by atoms with Crippen LogP contribution < -0.4 is 11.1 Å². The Morgan fingerprint density at radius 3 is 3.11 bits per heavy atom. The molecule has 0 aliphatic heterocycles. The highest BCUT2D eigenvalue weighted by Gasteiger charge is 2.04. The first kappa shape index (κ1) is 10.6. The largest absolute Gasteiger partial charge is 0.397 e. The van der Waals surface area contributed by atoms with Crippen LogP contribution in [0.4, 0.5) is 11.4 Å². The molecule has 1 aromatic carbocycles. The van der Waals surface area contributed by atoms with Crippen LogP contribution in [0, 0.1) is 0 Å². The highest BCUT2D eigenvalue weighted by Crippen LogP contribution is 2.24. The molecule has 6 nitrogen and oxygen atoms in total. The maximum Gasteiger partial charge on any atom is 0.0672 e. The molecule has 0 amide bonds. The SMILES string of the molecule is Cn1nccc1CNc1cc2[nH]ncc2cc1N. The van der Waals surface area contributed by atoms with E-state index in [1.807, 2.05) is 29.9 Å². The van der Waals surface area contributed by atoms with Crippen molar-refractivity contribution in [2.75, 3.05) is 11.1 Å². The fourth-order valence-corrected chi connectivity index (χ4v) is 1.92. The Morgan fingerprint density at radius 1 is 1.44 bits per heavy atom. The molecule has 0 atom stereocenters. The van der Waals surface area contributed by atoms with Crippen LogP contribution in [0.1, 0.15) is 5.69 Å². The number of H-pyrrole nitrogens is 1. The number of aryl methyl sites for hydroxylation is 1. The summed E-state index contributed by atoms with van der Waals surface area (Å²) in [4.78, 5) is 0. The lowest BCUT2D eigenvalue weighted by Gasteiger charge is -2.09. The van der Waals surface area contributed by atoms with E-state index in [1.54, 1.807) is 12.4 Å². The number of aromatic nitrogens is 4. The first-order valence-electron chi connectivity index (χ1n) is 5.67. The molecule has 2 aromatic heterocycles. The Kier molecular flexibility index (Phi) is 2.40. The minimum absolute atomic E-state index is 0.681. The predicted octanol–water partition coefficient (Wildman–Crippen LogP) is 1.49. The molecule has 0 radical (unpaired) electrons. The van der Waals surface area contributed by atoms with Crippen molar-refractivity contribution in [2.24, 2.45) is 7.05 Å². The maximum atomic E-state index is 6.00. The molecule has 0 saturated heterocycles. The van der Waals surface area contributed by atoms with Gasteiger partial charge in [-0.05, 0) is 18.2 Å². The molecule has 18 heavy (non-hydrogen) atoms. The highest BCUT2D eigenvalue weighted by molar-refractivity contribution is 5.88. The zero-order valence-corrected chi connectivity index (χ0v) is 10.0. The normalized spacial score (nSPS) is 10.9. The van der Waals surface area contributed by atoms with Gasteiger partial charge in [-0.15, -0.1) is 0 Å². The van der Waals surface area contributed by atoms with Gasteiger partial charge in [0.2, 0.25) is 0 Å². The van der Waals surface area contributed by atoms with Gasteiger partial charge in [0, 0.05) is 18.6 Å². The summed E-state index contributed by atoms with van der Waals surface area (Å²) >= 11 is 0. The summed E-state index contributed by atoms with van der Waals surface area (Å²) in [6, 6.07) is 5.84. The van der Waals surface area contributed by atoms with Gasteiger partial charge < -0.3 is 11.1 Å². The van der Waals surface area contributed by atoms with Crippen LogP contribution in [-0.4, -0.2) is 20.0 Å². The minimum atomic E-state index is 0.681. The molecule has 0 aliphatic rings. The Bertz CT molecular complexity index is 681. The predicted molar refractivity (Wildman–Crippen MR) is 71.0 cm³/mol. The fourth-order valence-electron chi connectivity index (χ4n) is 1.92. The van der Waals surface area contributed by atoms with Crippen molar-refractivity contribution in [2.45, 2.75) is 6.54 Å². The number of nitrogen functional groups attached to an aromatic ring is 1. The Hall–Kier alpha value is -2.50. The zero-order chi connectivity index (χ0) is 12.5. The fraction of sp³-hybridized carbons (Fsp3) is 0.167. The second kappa shape index (κ2) is 4.06. The molecule has 0 bridgehead atoms. The lowest BCUT2D eigenvalue weighted by molar-refractivity contribution is 0.720. The summed E-state index contributed by atoms with van der Waals surface area (Å²) in [5, 5.41) is 15.4. The summed E-state index contributed by atoms with van der Waals surface area (Å²) in [5.74, 6) is 0. The first-order valence-corrected chi connectivity index (χ1v) is 5.67. The molecular formula is C12H14N6. The van der Waals surface area contributed by atoms with Crippen LogP contribution in [-0.2, 0) is 13.6 Å². The van der Waals surface area contributed by atoms with E-state index in [0.717, 1.165) is 22.3 Å². The third-order valence-electron chi connectivity index (χ3n) is 2.99. The average molecular weight is 242 g/mol. The van der Waals surface area contributed by atoms with Gasteiger partial charge in [0.25, 0.3) is 0 Å². The van der Waals surface area contributed by atoms with Gasteiger partial charge in [-0.3, -0.25) is 9.78 Å². The Labute approximate surface area is 104 Å². The van der Waals surface area contributed by atoms with Crippen LogP contribution >= 0.6 is 0 Å². The van der Waals surface area contributed by atoms with Crippen molar-refractivity contribution in [1.82, 2.24) is 20.0 Å². The van der Waals surface area contributed by atoms with E-state index in [4.69, 9.17) is 5.73 Å². The Morgan fingerprint density at radius 2 is 2.33 bits per heavy atom. The Balaban J connectivity index is 1.86. The average Bonchev–Trinajstić information content (AvgIpc) is 2.95. The van der Waals surface area contributed by atoms with E-state index in [1.165, 1.54) is 0 Å². The molecular weight excluding hydrogens is 228 g/mol. The molecule has 0 unspecified atom stereocenters. The molecule has 0 aliphatic carbocycles. The van der Waals surface area contributed by atoms with Crippen molar-refractivity contribution in [1.29, 1.82) is 0 Å². The quantitative estimate of drug-likeness (QED) is 0.607. The van der Waals surface area contributed by atoms with Crippen molar-refractivity contribution in [3.05, 3.63) is 36.3 Å². The number of nitrogens with one attached hydrogen (secondary N) is 2. The molecule has 0 fully saturated rings. The van der Waals surface area contributed by atoms with E-state index in [2.05, 4.69) is 20.6 Å². The number of fused-ring (bicyclic) bond motifs is 1. The van der Waals surface area contributed by atoms with E-state index < -0.39 is 0 Å². The smallest absolute Gasteiger partial charge is 0.0672 e. The number of nitrogens with zero attached hydrogens (tertiary/aromatic N) is 3. The number of benzene rings is 1. The number of hydrogen-bond donors (Lipinski definition) is 3.